The summed E-state index contributed by atoms with van der Waals surface area (Å²) in [5.74, 6) is 0.951. The molecule has 1 unspecified atom stereocenters. The molecule has 21 heavy (non-hydrogen) atoms. The number of fused-ring (bicyclic) bond motifs is 1. The molecule has 0 spiro atoms. The second-order valence-corrected chi connectivity index (χ2v) is 6.25. The topological polar surface area (TPSA) is 34.1 Å². The predicted molar refractivity (Wildman–Crippen MR) is 86.9 cm³/mol. The molecule has 0 bridgehead atoms. The number of nitrogens with zero attached hydrogens (tertiary/aromatic N) is 1. The van der Waals surface area contributed by atoms with Crippen LogP contribution in [0.3, 0.4) is 0 Å². The summed E-state index contributed by atoms with van der Waals surface area (Å²) in [5, 5.41) is 5.69. The molecule has 1 aromatic carbocycles. The molecule has 1 aliphatic carbocycles. The largest absolute Gasteiger partial charge is 0.487 e. The molecule has 0 saturated carbocycles. The number of hydrogen-bond acceptors (Lipinski definition) is 4. The van der Waals surface area contributed by atoms with E-state index in [1.807, 2.05) is 10.9 Å². The maximum Gasteiger partial charge on any atom is 0.131 e. The lowest BCUT2D eigenvalue weighted by molar-refractivity contribution is 0.301. The molecule has 0 amide bonds. The number of benzene rings is 1. The lowest BCUT2D eigenvalue weighted by Gasteiger charge is -2.27. The third-order valence-corrected chi connectivity index (χ3v) is 4.58. The van der Waals surface area contributed by atoms with Crippen LogP contribution in [0.2, 0.25) is 0 Å². The summed E-state index contributed by atoms with van der Waals surface area (Å²) in [4.78, 5) is 4.26. The molecule has 2 aromatic rings. The maximum absolute atomic E-state index is 5.89. The van der Waals surface area contributed by atoms with Gasteiger partial charge in [0.25, 0.3) is 0 Å². The van der Waals surface area contributed by atoms with Crippen LogP contribution in [-0.2, 0) is 13.0 Å². The molecule has 1 atom stereocenters. The zero-order chi connectivity index (χ0) is 14.5. The highest BCUT2D eigenvalue weighted by Crippen LogP contribution is 2.32. The van der Waals surface area contributed by atoms with E-state index in [0.717, 1.165) is 18.0 Å². The number of rotatable bonds is 6. The first-order valence-corrected chi connectivity index (χ1v) is 8.67. The molecule has 0 radical (unpaired) electrons. The number of hydrogen-bond donors (Lipinski definition) is 1. The molecule has 0 fully saturated rings. The van der Waals surface area contributed by atoms with Gasteiger partial charge in [-0.3, -0.25) is 0 Å². The van der Waals surface area contributed by atoms with Crippen LogP contribution in [-0.4, -0.2) is 11.5 Å². The third kappa shape index (κ3) is 3.63. The first-order chi connectivity index (χ1) is 10.4. The second-order valence-electron chi connectivity index (χ2n) is 5.53. The SMILES string of the molecule is CCCNC1CCCc2ccc(OCc3cscn3)cc21. The molecule has 4 heteroatoms. The molecule has 1 aliphatic rings. The number of aryl methyl sites for hydroxylation is 1. The summed E-state index contributed by atoms with van der Waals surface area (Å²) in [7, 11) is 0. The van der Waals surface area contributed by atoms with Gasteiger partial charge in [-0.15, -0.1) is 11.3 Å². The van der Waals surface area contributed by atoms with Crippen LogP contribution < -0.4 is 10.1 Å². The Morgan fingerprint density at radius 1 is 1.43 bits per heavy atom. The van der Waals surface area contributed by atoms with Crippen molar-refractivity contribution in [2.24, 2.45) is 0 Å². The van der Waals surface area contributed by atoms with Crippen molar-refractivity contribution in [2.75, 3.05) is 6.54 Å². The van der Waals surface area contributed by atoms with Crippen molar-refractivity contribution in [2.45, 2.75) is 45.3 Å². The minimum Gasteiger partial charge on any atom is -0.487 e. The summed E-state index contributed by atoms with van der Waals surface area (Å²) in [6.45, 7) is 3.84. The maximum atomic E-state index is 5.89. The van der Waals surface area contributed by atoms with Gasteiger partial charge in [-0.05, 0) is 55.5 Å². The second kappa shape index (κ2) is 7.05. The van der Waals surface area contributed by atoms with Gasteiger partial charge in [0.05, 0.1) is 11.2 Å². The Morgan fingerprint density at radius 2 is 2.38 bits per heavy atom. The zero-order valence-corrected chi connectivity index (χ0v) is 13.3. The zero-order valence-electron chi connectivity index (χ0n) is 12.5. The molecule has 0 aliphatic heterocycles. The van der Waals surface area contributed by atoms with E-state index in [2.05, 4.69) is 35.4 Å². The number of ether oxygens (including phenoxy) is 1. The van der Waals surface area contributed by atoms with Crippen molar-refractivity contribution < 1.29 is 4.74 Å². The van der Waals surface area contributed by atoms with Crippen molar-refractivity contribution in [1.82, 2.24) is 10.3 Å². The molecular formula is C17H22N2OS. The standard InChI is InChI=1S/C17H22N2OS/c1-2-8-18-17-5-3-4-13-6-7-15(9-16(13)17)20-10-14-11-21-12-19-14/h6-7,9,11-12,17-18H,2-5,8,10H2,1H3. The van der Waals surface area contributed by atoms with E-state index in [0.29, 0.717) is 12.6 Å². The Kier molecular flexibility index (Phi) is 4.88. The van der Waals surface area contributed by atoms with Gasteiger partial charge in [-0.25, -0.2) is 4.98 Å². The summed E-state index contributed by atoms with van der Waals surface area (Å²) >= 11 is 1.61. The normalized spacial score (nSPS) is 17.5. The summed E-state index contributed by atoms with van der Waals surface area (Å²) < 4.78 is 5.89. The molecule has 3 rings (SSSR count). The summed E-state index contributed by atoms with van der Waals surface area (Å²) in [6, 6.07) is 7.02. The van der Waals surface area contributed by atoms with Crippen LogP contribution in [0.25, 0.3) is 0 Å². The van der Waals surface area contributed by atoms with Gasteiger partial charge >= 0.3 is 0 Å². The van der Waals surface area contributed by atoms with Crippen molar-refractivity contribution in [3.63, 3.8) is 0 Å². The van der Waals surface area contributed by atoms with E-state index < -0.39 is 0 Å². The van der Waals surface area contributed by atoms with E-state index in [-0.39, 0.29) is 0 Å². The number of nitrogens with one attached hydrogen (secondary N) is 1. The van der Waals surface area contributed by atoms with Crippen molar-refractivity contribution >= 4 is 11.3 Å². The van der Waals surface area contributed by atoms with Gasteiger partial charge in [-0.1, -0.05) is 13.0 Å². The Hall–Kier alpha value is -1.39. The van der Waals surface area contributed by atoms with Crippen LogP contribution in [0.5, 0.6) is 5.75 Å². The Bertz CT molecular complexity index is 568. The van der Waals surface area contributed by atoms with Crippen LogP contribution in [0, 0.1) is 0 Å². The Balaban J connectivity index is 1.72. The number of thiazole rings is 1. The molecule has 1 heterocycles. The Labute approximate surface area is 130 Å². The lowest BCUT2D eigenvalue weighted by Crippen LogP contribution is -2.25. The summed E-state index contributed by atoms with van der Waals surface area (Å²) in [6.07, 6.45) is 4.85. The highest BCUT2D eigenvalue weighted by molar-refractivity contribution is 7.07. The van der Waals surface area contributed by atoms with Crippen molar-refractivity contribution in [3.8, 4) is 5.75 Å². The smallest absolute Gasteiger partial charge is 0.131 e. The van der Waals surface area contributed by atoms with Gasteiger partial charge in [-0.2, -0.15) is 0 Å². The van der Waals surface area contributed by atoms with Crippen molar-refractivity contribution in [1.29, 1.82) is 0 Å². The van der Waals surface area contributed by atoms with Crippen LogP contribution in [0.1, 0.15) is 49.0 Å². The fraction of sp³-hybridized carbons (Fsp3) is 0.471. The molecule has 3 nitrogen and oxygen atoms in total. The van der Waals surface area contributed by atoms with Crippen LogP contribution >= 0.6 is 11.3 Å². The first kappa shape index (κ1) is 14.5. The fourth-order valence-corrected chi connectivity index (χ4v) is 3.41. The monoisotopic (exact) mass is 302 g/mol. The minimum atomic E-state index is 0.483. The van der Waals surface area contributed by atoms with E-state index in [4.69, 9.17) is 4.74 Å². The highest BCUT2D eigenvalue weighted by Gasteiger charge is 2.20. The van der Waals surface area contributed by atoms with Crippen molar-refractivity contribution in [3.05, 3.63) is 45.9 Å². The van der Waals surface area contributed by atoms with Crippen LogP contribution in [0.15, 0.2) is 29.1 Å². The van der Waals surface area contributed by atoms with E-state index in [9.17, 15) is 0 Å². The van der Waals surface area contributed by atoms with E-state index >= 15 is 0 Å². The molecule has 1 aromatic heterocycles. The lowest BCUT2D eigenvalue weighted by atomic mass is 9.87. The van der Waals surface area contributed by atoms with Gasteiger partial charge in [0.15, 0.2) is 0 Å². The van der Waals surface area contributed by atoms with Gasteiger partial charge in [0, 0.05) is 11.4 Å². The molecule has 112 valence electrons. The predicted octanol–water partition coefficient (Wildman–Crippen LogP) is 4.10. The van der Waals surface area contributed by atoms with E-state index in [1.54, 1.807) is 11.3 Å². The third-order valence-electron chi connectivity index (χ3n) is 3.94. The first-order valence-electron chi connectivity index (χ1n) is 7.73. The molecular weight excluding hydrogens is 280 g/mol. The average Bonchev–Trinajstić information content (AvgIpc) is 3.04. The van der Waals surface area contributed by atoms with Gasteiger partial charge in [0.2, 0.25) is 0 Å². The molecule has 1 N–H and O–H groups in total. The minimum absolute atomic E-state index is 0.483. The quantitative estimate of drug-likeness (QED) is 0.872. The fourth-order valence-electron chi connectivity index (χ4n) is 2.86. The molecule has 0 saturated heterocycles. The average molecular weight is 302 g/mol. The Morgan fingerprint density at radius 3 is 3.19 bits per heavy atom. The van der Waals surface area contributed by atoms with Crippen LogP contribution in [0.4, 0.5) is 0 Å². The number of aromatic nitrogens is 1. The van der Waals surface area contributed by atoms with Gasteiger partial charge in [0.1, 0.15) is 12.4 Å². The summed E-state index contributed by atoms with van der Waals surface area (Å²) in [5.41, 5.74) is 5.73. The van der Waals surface area contributed by atoms with E-state index in [1.165, 1.54) is 36.8 Å². The highest BCUT2D eigenvalue weighted by atomic mass is 32.1. The van der Waals surface area contributed by atoms with Gasteiger partial charge < -0.3 is 10.1 Å².